The predicted octanol–water partition coefficient (Wildman–Crippen LogP) is 1.40. The number of hydrogen-bond donors (Lipinski definition) is 2. The number of benzene rings is 1. The number of nitrogens with two attached hydrogens (primary N) is 1. The van der Waals surface area contributed by atoms with Crippen LogP contribution in [0, 0.1) is 5.92 Å². The molecule has 3 N–H and O–H groups in total. The zero-order chi connectivity index (χ0) is 18.8. The Kier molecular flexibility index (Phi) is 5.59. The van der Waals surface area contributed by atoms with Gasteiger partial charge in [-0.05, 0) is 37.1 Å². The molecule has 1 aromatic rings. The van der Waals surface area contributed by atoms with Crippen molar-refractivity contribution in [2.75, 3.05) is 13.1 Å². The fraction of sp³-hybridized carbons (Fsp3) is 0.500. The summed E-state index contributed by atoms with van der Waals surface area (Å²) < 4.78 is 66.5. The number of alkyl halides is 3. The van der Waals surface area contributed by atoms with Gasteiger partial charge < -0.3 is 15.6 Å². The van der Waals surface area contributed by atoms with Crippen LogP contribution in [0.1, 0.15) is 12.8 Å². The quantitative estimate of drug-likeness (QED) is 0.815. The summed E-state index contributed by atoms with van der Waals surface area (Å²) in [4.78, 5) is 11.0. The molecule has 1 aromatic carbocycles. The van der Waals surface area contributed by atoms with Gasteiger partial charge in [0.25, 0.3) is 0 Å². The first-order chi connectivity index (χ1) is 11.5. The van der Waals surface area contributed by atoms with Crippen molar-refractivity contribution in [3.63, 3.8) is 0 Å². The van der Waals surface area contributed by atoms with Crippen LogP contribution in [0.2, 0.25) is 0 Å². The molecule has 2 atom stereocenters. The largest absolute Gasteiger partial charge is 0.573 e. The van der Waals surface area contributed by atoms with E-state index in [-0.39, 0.29) is 24.4 Å². The molecule has 0 spiro atoms. The van der Waals surface area contributed by atoms with E-state index >= 15 is 0 Å². The first-order valence-corrected chi connectivity index (χ1v) is 8.77. The number of nitrogens with zero attached hydrogens (tertiary/aromatic N) is 1. The van der Waals surface area contributed by atoms with E-state index in [1.54, 1.807) is 0 Å². The predicted molar refractivity (Wildman–Crippen MR) is 80.2 cm³/mol. The summed E-state index contributed by atoms with van der Waals surface area (Å²) in [5, 5.41) is 9.16. The van der Waals surface area contributed by atoms with Gasteiger partial charge in [0.2, 0.25) is 10.0 Å². The summed E-state index contributed by atoms with van der Waals surface area (Å²) in [6, 6.07) is 3.19. The minimum absolute atomic E-state index is 0.0626. The maximum Gasteiger partial charge on any atom is 0.573 e. The topological polar surface area (TPSA) is 110 Å². The number of sulfonamides is 1. The molecule has 25 heavy (non-hydrogen) atoms. The third-order valence-electron chi connectivity index (χ3n) is 3.79. The molecule has 1 saturated heterocycles. The van der Waals surface area contributed by atoms with E-state index in [0.717, 1.165) is 28.6 Å². The first-order valence-electron chi connectivity index (χ1n) is 7.33. The molecule has 11 heteroatoms. The van der Waals surface area contributed by atoms with Crippen LogP contribution in [0.5, 0.6) is 5.75 Å². The summed E-state index contributed by atoms with van der Waals surface area (Å²) in [7, 11) is -4.09. The van der Waals surface area contributed by atoms with Gasteiger partial charge in [-0.25, -0.2) is 8.42 Å². The Labute approximate surface area is 142 Å². The number of carbonyl (C=O) groups is 1. The molecule has 2 rings (SSSR count). The van der Waals surface area contributed by atoms with Gasteiger partial charge in [0.05, 0.1) is 10.8 Å². The van der Waals surface area contributed by atoms with Gasteiger partial charge >= 0.3 is 12.3 Å². The van der Waals surface area contributed by atoms with Crippen LogP contribution in [0.3, 0.4) is 0 Å². The van der Waals surface area contributed by atoms with Gasteiger partial charge in [0, 0.05) is 19.1 Å². The number of ether oxygens (including phenoxy) is 1. The summed E-state index contributed by atoms with van der Waals surface area (Å²) in [5.74, 6) is -2.57. The third-order valence-corrected chi connectivity index (χ3v) is 5.64. The molecule has 0 unspecified atom stereocenters. The lowest BCUT2D eigenvalue weighted by molar-refractivity contribution is -0.274. The number of halogens is 3. The van der Waals surface area contributed by atoms with E-state index < -0.39 is 40.1 Å². The Balaban J connectivity index is 2.25. The molecule has 1 aliphatic rings. The molecular formula is C14H17F3N2O5S. The van der Waals surface area contributed by atoms with Crippen molar-refractivity contribution in [2.24, 2.45) is 11.7 Å². The fourth-order valence-electron chi connectivity index (χ4n) is 2.54. The summed E-state index contributed by atoms with van der Waals surface area (Å²) in [6.07, 6.45) is -4.27. The zero-order valence-electron chi connectivity index (χ0n) is 12.9. The maximum absolute atomic E-state index is 12.7. The van der Waals surface area contributed by atoms with E-state index in [2.05, 4.69) is 4.74 Å². The van der Waals surface area contributed by atoms with Gasteiger partial charge in [0.15, 0.2) is 0 Å². The highest BCUT2D eigenvalue weighted by Gasteiger charge is 2.35. The molecule has 1 heterocycles. The van der Waals surface area contributed by atoms with Crippen LogP contribution < -0.4 is 10.5 Å². The minimum Gasteiger partial charge on any atom is -0.481 e. The molecule has 0 bridgehead atoms. The van der Waals surface area contributed by atoms with Crippen LogP contribution in [-0.2, 0) is 14.8 Å². The van der Waals surface area contributed by atoms with Gasteiger partial charge in [0.1, 0.15) is 5.75 Å². The minimum atomic E-state index is -4.88. The molecule has 7 nitrogen and oxygen atoms in total. The number of rotatable bonds is 4. The number of carboxylic acids is 1. The van der Waals surface area contributed by atoms with Crippen molar-refractivity contribution >= 4 is 16.0 Å². The number of aliphatic carboxylic acids is 1. The van der Waals surface area contributed by atoms with E-state index in [1.165, 1.54) is 0 Å². The molecule has 0 aliphatic carbocycles. The van der Waals surface area contributed by atoms with E-state index in [0.29, 0.717) is 6.42 Å². The molecule has 1 aliphatic heterocycles. The second kappa shape index (κ2) is 7.18. The SMILES string of the molecule is N[C@@H]1CC[C@H](C(=O)O)CN(S(=O)(=O)c2ccc(OC(F)(F)F)cc2)C1. The average Bonchev–Trinajstić information content (AvgIpc) is 2.68. The first kappa shape index (κ1) is 19.5. The van der Waals surface area contributed by atoms with Gasteiger partial charge in [-0.1, -0.05) is 0 Å². The lowest BCUT2D eigenvalue weighted by atomic mass is 10.0. The average molecular weight is 382 g/mol. The highest BCUT2D eigenvalue weighted by atomic mass is 32.2. The lowest BCUT2D eigenvalue weighted by Crippen LogP contribution is -2.41. The molecule has 1 fully saturated rings. The molecule has 0 aromatic heterocycles. The van der Waals surface area contributed by atoms with Crippen molar-refractivity contribution in [3.05, 3.63) is 24.3 Å². The van der Waals surface area contributed by atoms with Gasteiger partial charge in [-0.2, -0.15) is 4.31 Å². The summed E-state index contributed by atoms with van der Waals surface area (Å²) in [5.41, 5.74) is 5.81. The monoisotopic (exact) mass is 382 g/mol. The van der Waals surface area contributed by atoms with Crippen LogP contribution in [-0.4, -0.2) is 49.3 Å². The summed E-state index contributed by atoms with van der Waals surface area (Å²) >= 11 is 0. The van der Waals surface area contributed by atoms with Gasteiger partial charge in [-0.15, -0.1) is 13.2 Å². The van der Waals surface area contributed by atoms with Crippen LogP contribution in [0.15, 0.2) is 29.2 Å². The van der Waals surface area contributed by atoms with Gasteiger partial charge in [-0.3, -0.25) is 4.79 Å². The smallest absolute Gasteiger partial charge is 0.481 e. The van der Waals surface area contributed by atoms with E-state index in [4.69, 9.17) is 10.8 Å². The van der Waals surface area contributed by atoms with Crippen molar-refractivity contribution in [1.82, 2.24) is 4.31 Å². The lowest BCUT2D eigenvalue weighted by Gasteiger charge is -2.23. The highest BCUT2D eigenvalue weighted by molar-refractivity contribution is 7.89. The van der Waals surface area contributed by atoms with Crippen molar-refractivity contribution < 1.29 is 36.2 Å². The Morgan fingerprint density at radius 1 is 1.20 bits per heavy atom. The van der Waals surface area contributed by atoms with Crippen LogP contribution in [0.4, 0.5) is 13.2 Å². The number of hydrogen-bond acceptors (Lipinski definition) is 5. The second-order valence-corrected chi connectivity index (χ2v) is 7.65. The van der Waals surface area contributed by atoms with Crippen molar-refractivity contribution in [1.29, 1.82) is 0 Å². The Hall–Kier alpha value is -1.85. The Bertz CT molecular complexity index is 721. The standard InChI is InChI=1S/C14H17F3N2O5S/c15-14(16,17)24-11-3-5-12(6-4-11)25(22,23)19-7-9(13(20)21)1-2-10(18)8-19/h3-6,9-10H,1-2,7-8,18H2,(H,20,21)/t9-,10+/m0/s1. The third kappa shape index (κ3) is 5.06. The van der Waals surface area contributed by atoms with E-state index in [9.17, 15) is 26.4 Å². The number of carboxylic acid groups (broad SMARTS) is 1. The normalized spacial score (nSPS) is 23.0. The zero-order valence-corrected chi connectivity index (χ0v) is 13.8. The molecule has 0 saturated carbocycles. The molecule has 0 amide bonds. The van der Waals surface area contributed by atoms with E-state index in [1.807, 2.05) is 0 Å². The molecule has 0 radical (unpaired) electrons. The fourth-order valence-corrected chi connectivity index (χ4v) is 4.08. The second-order valence-electron chi connectivity index (χ2n) is 5.71. The van der Waals surface area contributed by atoms with Crippen LogP contribution >= 0.6 is 0 Å². The maximum atomic E-state index is 12.7. The Morgan fingerprint density at radius 2 is 1.80 bits per heavy atom. The Morgan fingerprint density at radius 3 is 2.32 bits per heavy atom. The molecule has 140 valence electrons. The van der Waals surface area contributed by atoms with Crippen molar-refractivity contribution in [3.8, 4) is 5.75 Å². The van der Waals surface area contributed by atoms with Crippen LogP contribution in [0.25, 0.3) is 0 Å². The molecular weight excluding hydrogens is 365 g/mol. The highest BCUT2D eigenvalue weighted by Crippen LogP contribution is 2.27. The summed E-state index contributed by atoms with van der Waals surface area (Å²) in [6.45, 7) is -0.306. The van der Waals surface area contributed by atoms with Crippen molar-refractivity contribution in [2.45, 2.75) is 30.1 Å².